The van der Waals surface area contributed by atoms with Crippen LogP contribution in [0.15, 0.2) is 83.0 Å². The molecule has 18 heteroatoms. The first-order chi connectivity index (χ1) is 33.2. The Kier molecular flexibility index (Phi) is 13.3. The van der Waals surface area contributed by atoms with Crippen LogP contribution in [-0.2, 0) is 42.2 Å². The average molecular weight is 929 g/mol. The predicted octanol–water partition coefficient (Wildman–Crippen LogP) is 12.3. The molecule has 1 atom stereocenters. The van der Waals surface area contributed by atoms with Crippen molar-refractivity contribution >= 4 is 0 Å². The Hall–Kier alpha value is -7.94. The molecule has 69 heavy (non-hydrogen) atoms. The first-order valence-corrected chi connectivity index (χ1v) is 22.9. The average Bonchev–Trinajstić information content (AvgIpc) is 4.17. The van der Waals surface area contributed by atoms with E-state index in [1.54, 1.807) is 14.2 Å². The van der Waals surface area contributed by atoms with Gasteiger partial charge in [0.2, 0.25) is 11.6 Å². The quantitative estimate of drug-likeness (QED) is 0.0746. The molecule has 7 aromatic rings. The largest absolute Gasteiger partial charge is 0.493 e. The second-order valence-electron chi connectivity index (χ2n) is 18.7. The molecule has 0 bridgehead atoms. The van der Waals surface area contributed by atoms with Crippen molar-refractivity contribution in [2.24, 2.45) is 10.2 Å². The highest BCUT2D eigenvalue weighted by molar-refractivity contribution is 5.86. The number of aryl methyl sites for hydroxylation is 2. The van der Waals surface area contributed by atoms with Crippen LogP contribution in [0.25, 0.3) is 43.7 Å². The van der Waals surface area contributed by atoms with Crippen molar-refractivity contribution in [2.75, 3.05) is 14.2 Å². The standard InChI is InChI=1S/C33H34N8O4.2C9H11N3/c1-15-16(2)26(30-36-40-41-37-30)28-27(25(15)29-34-38-39-35-29)44-23-10-18-20(12-24(23)45-28)33(14-32(18,5)6)13-31(3,4)17-9-21(42-7)22(43-8)11-19(17)33;2*1-2-8-5-3-4-6-9(8)7-11-12-10/h9-12H,13-14H2,1-8H3,(H,34,35,38,39)(H,36,37,40,41);2*3-6H,2,7H2,1H3. The number of hydrogen-bond acceptors (Lipinski definition) is 12. The van der Waals surface area contributed by atoms with E-state index in [-0.39, 0.29) is 16.2 Å². The lowest BCUT2D eigenvalue weighted by Crippen LogP contribution is -2.27. The van der Waals surface area contributed by atoms with Crippen LogP contribution in [0.4, 0.5) is 0 Å². The number of aromatic nitrogens is 8. The smallest absolute Gasteiger partial charge is 0.208 e. The third-order valence-corrected chi connectivity index (χ3v) is 13.7. The summed E-state index contributed by atoms with van der Waals surface area (Å²) in [5.74, 6) is 4.52. The molecule has 1 spiro atoms. The molecule has 1 unspecified atom stereocenters. The van der Waals surface area contributed by atoms with Gasteiger partial charge in [-0.2, -0.15) is 10.4 Å². The molecule has 1 aliphatic heterocycles. The Morgan fingerprint density at radius 1 is 0.609 bits per heavy atom. The Morgan fingerprint density at radius 3 is 1.39 bits per heavy atom. The fourth-order valence-electron chi connectivity index (χ4n) is 10.6. The summed E-state index contributed by atoms with van der Waals surface area (Å²) in [5, 5.41) is 37.0. The normalized spacial score (nSPS) is 16.0. The number of ether oxygens (including phenoxy) is 4. The number of hydrogen-bond donors (Lipinski definition) is 2. The van der Waals surface area contributed by atoms with Crippen LogP contribution in [0.3, 0.4) is 0 Å². The van der Waals surface area contributed by atoms with Gasteiger partial charge in [0.25, 0.3) is 0 Å². The minimum atomic E-state index is -0.259. The molecule has 0 saturated heterocycles. The number of H-pyrrole nitrogens is 2. The summed E-state index contributed by atoms with van der Waals surface area (Å²) >= 11 is 0. The van der Waals surface area contributed by atoms with E-state index in [2.05, 4.69) is 139 Å². The third-order valence-electron chi connectivity index (χ3n) is 13.7. The second-order valence-corrected chi connectivity index (χ2v) is 18.7. The van der Waals surface area contributed by atoms with Crippen LogP contribution in [-0.4, -0.2) is 55.5 Å². The van der Waals surface area contributed by atoms with E-state index in [1.807, 2.05) is 50.2 Å². The molecule has 0 saturated carbocycles. The Morgan fingerprint density at radius 2 is 1.00 bits per heavy atom. The van der Waals surface area contributed by atoms with E-state index in [9.17, 15) is 0 Å². The first-order valence-electron chi connectivity index (χ1n) is 22.9. The van der Waals surface area contributed by atoms with Gasteiger partial charge in [0.05, 0.1) is 38.4 Å². The molecule has 5 aromatic carbocycles. The summed E-state index contributed by atoms with van der Waals surface area (Å²) in [6.07, 6.45) is 3.83. The van der Waals surface area contributed by atoms with E-state index in [0.29, 0.717) is 58.9 Å². The molecule has 0 amide bonds. The summed E-state index contributed by atoms with van der Waals surface area (Å²) in [4.78, 5) is 5.46. The number of fused-ring (bicyclic) bond motifs is 6. The van der Waals surface area contributed by atoms with Gasteiger partial charge >= 0.3 is 0 Å². The monoisotopic (exact) mass is 928 g/mol. The van der Waals surface area contributed by atoms with Crippen LogP contribution < -0.4 is 18.9 Å². The minimum Gasteiger partial charge on any atom is -0.493 e. The lowest BCUT2D eigenvalue weighted by molar-refractivity contribution is 0.347. The molecular formula is C51H56N14O4. The van der Waals surface area contributed by atoms with E-state index in [0.717, 1.165) is 59.4 Å². The van der Waals surface area contributed by atoms with E-state index >= 15 is 0 Å². The van der Waals surface area contributed by atoms with Crippen molar-refractivity contribution in [2.45, 2.75) is 110 Å². The van der Waals surface area contributed by atoms with Crippen LogP contribution in [0, 0.1) is 13.8 Å². The number of nitrogens with zero attached hydrogens (tertiary/aromatic N) is 12. The lowest BCUT2D eigenvalue weighted by Gasteiger charge is -2.31. The highest BCUT2D eigenvalue weighted by Crippen LogP contribution is 2.66. The van der Waals surface area contributed by atoms with Gasteiger partial charge in [-0.3, -0.25) is 0 Å². The number of rotatable bonds is 10. The maximum atomic E-state index is 8.15. The van der Waals surface area contributed by atoms with Crippen molar-refractivity contribution in [1.29, 1.82) is 0 Å². The summed E-state index contributed by atoms with van der Waals surface area (Å²) in [7, 11) is 3.38. The van der Waals surface area contributed by atoms with Gasteiger partial charge in [0, 0.05) is 15.2 Å². The van der Waals surface area contributed by atoms with Gasteiger partial charge in [-0.15, -0.1) is 20.4 Å². The van der Waals surface area contributed by atoms with Crippen LogP contribution in [0.5, 0.6) is 34.5 Å². The molecule has 2 aromatic heterocycles. The Labute approximate surface area is 400 Å². The van der Waals surface area contributed by atoms with Gasteiger partial charge in [0.1, 0.15) is 0 Å². The number of aromatic amines is 2. The molecule has 354 valence electrons. The van der Waals surface area contributed by atoms with Crippen molar-refractivity contribution in [3.63, 3.8) is 0 Å². The zero-order valence-corrected chi connectivity index (χ0v) is 40.7. The fraction of sp³-hybridized carbons (Fsp3) is 0.373. The number of methoxy groups -OCH3 is 2. The van der Waals surface area contributed by atoms with Gasteiger partial charge in [0.15, 0.2) is 34.5 Å². The number of tetrazole rings is 2. The summed E-state index contributed by atoms with van der Waals surface area (Å²) < 4.78 is 25.2. The third kappa shape index (κ3) is 8.76. The number of nitrogens with one attached hydrogen (secondary N) is 2. The second kappa shape index (κ2) is 19.3. The maximum Gasteiger partial charge on any atom is 0.208 e. The zero-order valence-electron chi connectivity index (χ0n) is 40.7. The van der Waals surface area contributed by atoms with E-state index < -0.39 is 0 Å². The Balaban J connectivity index is 0.000000219. The fourth-order valence-corrected chi connectivity index (χ4v) is 10.6. The topological polar surface area (TPSA) is 243 Å². The van der Waals surface area contributed by atoms with Crippen LogP contribution in [0.2, 0.25) is 0 Å². The summed E-state index contributed by atoms with van der Waals surface area (Å²) in [6, 6.07) is 24.7. The number of azide groups is 2. The molecule has 3 aliphatic rings. The summed E-state index contributed by atoms with van der Waals surface area (Å²) in [5.41, 5.74) is 28.8. The van der Waals surface area contributed by atoms with E-state index in [4.69, 9.17) is 30.0 Å². The predicted molar refractivity (Wildman–Crippen MR) is 262 cm³/mol. The highest BCUT2D eigenvalue weighted by Gasteiger charge is 2.57. The maximum absolute atomic E-state index is 8.15. The van der Waals surface area contributed by atoms with Gasteiger partial charge < -0.3 is 18.9 Å². The molecule has 0 fully saturated rings. The zero-order chi connectivity index (χ0) is 49.1. The molecular weight excluding hydrogens is 873 g/mol. The minimum absolute atomic E-state index is 0.0909. The molecule has 2 N–H and O–H groups in total. The van der Waals surface area contributed by atoms with Crippen molar-refractivity contribution in [1.82, 2.24) is 41.2 Å². The molecule has 10 rings (SSSR count). The molecule has 3 heterocycles. The highest BCUT2D eigenvalue weighted by atomic mass is 16.6. The van der Waals surface area contributed by atoms with Gasteiger partial charge in [-0.05, 0) is 152 Å². The van der Waals surface area contributed by atoms with Crippen molar-refractivity contribution in [3.8, 4) is 57.3 Å². The van der Waals surface area contributed by atoms with Gasteiger partial charge in [-0.1, -0.05) is 100 Å². The Bertz CT molecular complexity index is 3050. The van der Waals surface area contributed by atoms with Crippen molar-refractivity contribution in [3.05, 3.63) is 149 Å². The summed E-state index contributed by atoms with van der Waals surface area (Å²) in [6.45, 7) is 18.3. The molecule has 18 nitrogen and oxygen atoms in total. The number of benzene rings is 5. The molecule has 2 aliphatic carbocycles. The van der Waals surface area contributed by atoms with E-state index in [1.165, 1.54) is 33.4 Å². The molecule has 0 radical (unpaired) electrons. The lowest BCUT2D eigenvalue weighted by atomic mass is 9.72. The van der Waals surface area contributed by atoms with Crippen molar-refractivity contribution < 1.29 is 18.9 Å². The van der Waals surface area contributed by atoms with Gasteiger partial charge in [-0.25, -0.2) is 0 Å². The SMILES string of the molecule is CCc1ccccc1CN=[N+]=[N-].CCc1ccccc1CN=[N+]=[N-].COc1cc2c(cc1OC)C1(CC2(C)C)CC(C)(C)c2cc3c(cc21)Oc1c(c(-c2nn[nH]n2)c(C)c(C)c1-c1nn[nH]n1)O3. The van der Waals surface area contributed by atoms with Crippen LogP contribution in [0.1, 0.15) is 110 Å². The first kappa shape index (κ1) is 47.5. The van der Waals surface area contributed by atoms with Crippen LogP contribution >= 0.6 is 0 Å².